The molecule has 0 radical (unpaired) electrons. The average molecular weight is 341 g/mol. The molecule has 7 heteroatoms. The molecule has 2 aromatic rings. The molecule has 0 aliphatic heterocycles. The second kappa shape index (κ2) is 7.09. The summed E-state index contributed by atoms with van der Waals surface area (Å²) in [5.41, 5.74) is 2.49. The van der Waals surface area contributed by atoms with Crippen LogP contribution in [0.4, 0.5) is 0 Å². The summed E-state index contributed by atoms with van der Waals surface area (Å²) in [5, 5.41) is 12.8. The van der Waals surface area contributed by atoms with E-state index < -0.39 is 0 Å². The SMILES string of the molecule is CSc1nnc(Sc2ncc(CNC(C)(C)C)cc2C)s1. The van der Waals surface area contributed by atoms with E-state index in [1.54, 1.807) is 34.9 Å². The highest BCUT2D eigenvalue weighted by molar-refractivity contribution is 8.03. The molecule has 2 rings (SSSR count). The van der Waals surface area contributed by atoms with E-state index in [-0.39, 0.29) is 5.54 Å². The zero-order valence-corrected chi connectivity index (χ0v) is 15.4. The van der Waals surface area contributed by atoms with E-state index in [2.05, 4.69) is 54.3 Å². The lowest BCUT2D eigenvalue weighted by atomic mass is 10.1. The maximum absolute atomic E-state index is 4.56. The third-order valence-electron chi connectivity index (χ3n) is 2.66. The monoisotopic (exact) mass is 340 g/mol. The van der Waals surface area contributed by atoms with Crippen LogP contribution in [0.3, 0.4) is 0 Å². The molecule has 0 aliphatic carbocycles. The van der Waals surface area contributed by atoms with Crippen molar-refractivity contribution in [1.29, 1.82) is 0 Å². The van der Waals surface area contributed by atoms with Gasteiger partial charge in [0, 0.05) is 18.3 Å². The van der Waals surface area contributed by atoms with Crippen molar-refractivity contribution in [3.05, 3.63) is 23.4 Å². The Hall–Kier alpha value is -0.630. The molecule has 2 heterocycles. The van der Waals surface area contributed by atoms with Gasteiger partial charge in [-0.05, 0) is 56.8 Å². The summed E-state index contributed by atoms with van der Waals surface area (Å²) in [6, 6.07) is 2.19. The fourth-order valence-electron chi connectivity index (χ4n) is 1.59. The van der Waals surface area contributed by atoms with Crippen LogP contribution in [0, 0.1) is 6.92 Å². The molecule has 1 N–H and O–H groups in total. The van der Waals surface area contributed by atoms with E-state index >= 15 is 0 Å². The van der Waals surface area contributed by atoms with Crippen molar-refractivity contribution in [1.82, 2.24) is 20.5 Å². The topological polar surface area (TPSA) is 50.7 Å². The Morgan fingerprint density at radius 3 is 2.52 bits per heavy atom. The van der Waals surface area contributed by atoms with Gasteiger partial charge < -0.3 is 5.32 Å². The number of aromatic nitrogens is 3. The van der Waals surface area contributed by atoms with Crippen LogP contribution in [0.1, 0.15) is 31.9 Å². The minimum atomic E-state index is 0.113. The van der Waals surface area contributed by atoms with Crippen LogP contribution in [0.25, 0.3) is 0 Å². The van der Waals surface area contributed by atoms with Crippen LogP contribution in [-0.4, -0.2) is 27.0 Å². The van der Waals surface area contributed by atoms with E-state index in [0.29, 0.717) is 0 Å². The third-order valence-corrected chi connectivity index (χ3v) is 5.73. The molecule has 0 spiro atoms. The number of pyridine rings is 1. The van der Waals surface area contributed by atoms with Crippen LogP contribution in [0.5, 0.6) is 0 Å². The van der Waals surface area contributed by atoms with Crippen molar-refractivity contribution in [2.75, 3.05) is 6.26 Å². The van der Waals surface area contributed by atoms with Gasteiger partial charge in [0.25, 0.3) is 0 Å². The highest BCUT2D eigenvalue weighted by Gasteiger charge is 2.11. The standard InChI is InChI=1S/C14H20N4S3/c1-9-6-10(8-16-14(2,3)4)7-15-11(9)20-13-18-17-12(19-5)21-13/h6-7,16H,8H2,1-5H3. The van der Waals surface area contributed by atoms with Gasteiger partial charge in [0.05, 0.1) is 0 Å². The molecule has 0 fully saturated rings. The fraction of sp³-hybridized carbons (Fsp3) is 0.500. The van der Waals surface area contributed by atoms with Gasteiger partial charge in [-0.3, -0.25) is 0 Å². The van der Waals surface area contributed by atoms with Gasteiger partial charge in [0.15, 0.2) is 8.68 Å². The molecular weight excluding hydrogens is 320 g/mol. The number of thioether (sulfide) groups is 1. The summed E-state index contributed by atoms with van der Waals surface area (Å²) in [6.07, 6.45) is 3.94. The Labute approximate surface area is 138 Å². The summed E-state index contributed by atoms with van der Waals surface area (Å²) in [5.74, 6) is 0. The van der Waals surface area contributed by atoms with Crippen molar-refractivity contribution in [2.24, 2.45) is 0 Å². The molecule has 0 saturated heterocycles. The zero-order valence-electron chi connectivity index (χ0n) is 12.9. The molecular formula is C14H20N4S3. The second-order valence-corrected chi connectivity index (χ2v) is 8.98. The predicted molar refractivity (Wildman–Crippen MR) is 91.4 cm³/mol. The molecule has 0 aliphatic rings. The van der Waals surface area contributed by atoms with E-state index in [4.69, 9.17) is 0 Å². The molecule has 0 aromatic carbocycles. The first-order valence-corrected chi connectivity index (χ1v) is 9.49. The smallest absolute Gasteiger partial charge is 0.181 e. The Kier molecular flexibility index (Phi) is 5.65. The van der Waals surface area contributed by atoms with Gasteiger partial charge in [0.1, 0.15) is 5.03 Å². The van der Waals surface area contributed by atoms with Crippen LogP contribution in [0.2, 0.25) is 0 Å². The van der Waals surface area contributed by atoms with Gasteiger partial charge in [-0.25, -0.2) is 4.98 Å². The number of nitrogens with zero attached hydrogens (tertiary/aromatic N) is 3. The van der Waals surface area contributed by atoms with Crippen LogP contribution >= 0.6 is 34.9 Å². The van der Waals surface area contributed by atoms with Gasteiger partial charge >= 0.3 is 0 Å². The summed E-state index contributed by atoms with van der Waals surface area (Å²) >= 11 is 4.81. The minimum absolute atomic E-state index is 0.113. The molecule has 0 amide bonds. The van der Waals surface area contributed by atoms with Gasteiger partial charge in [-0.15, -0.1) is 10.2 Å². The zero-order chi connectivity index (χ0) is 15.5. The Bertz CT molecular complexity index is 605. The predicted octanol–water partition coefficient (Wildman–Crippen LogP) is 4.00. The quantitative estimate of drug-likeness (QED) is 0.830. The number of hydrogen-bond acceptors (Lipinski definition) is 7. The first-order valence-electron chi connectivity index (χ1n) is 6.63. The van der Waals surface area contributed by atoms with Gasteiger partial charge in [-0.2, -0.15) is 0 Å². The summed E-state index contributed by atoms with van der Waals surface area (Å²) < 4.78 is 1.93. The van der Waals surface area contributed by atoms with Crippen molar-refractivity contribution >= 4 is 34.9 Å². The fourth-order valence-corrected chi connectivity index (χ4v) is 3.97. The van der Waals surface area contributed by atoms with Crippen molar-refractivity contribution in [3.63, 3.8) is 0 Å². The maximum atomic E-state index is 4.56. The summed E-state index contributed by atoms with van der Waals surface area (Å²) in [7, 11) is 0. The van der Waals surface area contributed by atoms with E-state index in [9.17, 15) is 0 Å². The molecule has 0 atom stereocenters. The van der Waals surface area contributed by atoms with Crippen molar-refractivity contribution in [2.45, 2.75) is 53.5 Å². The van der Waals surface area contributed by atoms with E-state index in [1.165, 1.54) is 11.1 Å². The number of nitrogens with one attached hydrogen (secondary N) is 1. The van der Waals surface area contributed by atoms with E-state index in [1.807, 2.05) is 12.5 Å². The molecule has 0 bridgehead atoms. The van der Waals surface area contributed by atoms with Crippen molar-refractivity contribution in [3.8, 4) is 0 Å². The first-order chi connectivity index (χ1) is 9.87. The average Bonchev–Trinajstić information content (AvgIpc) is 2.86. The lowest BCUT2D eigenvalue weighted by Crippen LogP contribution is -2.35. The van der Waals surface area contributed by atoms with Gasteiger partial charge in [-0.1, -0.05) is 29.2 Å². The molecule has 21 heavy (non-hydrogen) atoms. The Morgan fingerprint density at radius 1 is 1.24 bits per heavy atom. The van der Waals surface area contributed by atoms with Gasteiger partial charge in [0.2, 0.25) is 0 Å². The lowest BCUT2D eigenvalue weighted by molar-refractivity contribution is 0.424. The van der Waals surface area contributed by atoms with Crippen LogP contribution < -0.4 is 5.32 Å². The normalized spacial score (nSPS) is 11.9. The highest BCUT2D eigenvalue weighted by atomic mass is 32.2. The first kappa shape index (κ1) is 16.7. The largest absolute Gasteiger partial charge is 0.308 e. The second-order valence-electron chi connectivity index (χ2n) is 5.71. The maximum Gasteiger partial charge on any atom is 0.181 e. The highest BCUT2D eigenvalue weighted by Crippen LogP contribution is 2.33. The number of aryl methyl sites for hydroxylation is 1. The summed E-state index contributed by atoms with van der Waals surface area (Å²) in [4.78, 5) is 4.56. The molecule has 0 saturated carbocycles. The van der Waals surface area contributed by atoms with Crippen molar-refractivity contribution < 1.29 is 0 Å². The summed E-state index contributed by atoms with van der Waals surface area (Å²) in [6.45, 7) is 9.41. The number of hydrogen-bond donors (Lipinski definition) is 1. The van der Waals surface area contributed by atoms with Crippen LogP contribution in [0.15, 0.2) is 26.0 Å². The molecule has 4 nitrogen and oxygen atoms in total. The van der Waals surface area contributed by atoms with E-state index in [0.717, 1.165) is 20.3 Å². The molecule has 0 unspecified atom stereocenters. The Balaban J connectivity index is 2.05. The minimum Gasteiger partial charge on any atom is -0.308 e. The molecule has 2 aromatic heterocycles. The third kappa shape index (κ3) is 5.25. The lowest BCUT2D eigenvalue weighted by Gasteiger charge is -2.20. The molecule has 114 valence electrons. The Morgan fingerprint density at radius 2 is 1.95 bits per heavy atom. The van der Waals surface area contributed by atoms with Crippen LogP contribution in [-0.2, 0) is 6.54 Å². The number of rotatable bonds is 5.